The number of hydrogen-bond acceptors (Lipinski definition) is 5. The van der Waals surface area contributed by atoms with Crippen LogP contribution in [0.4, 0.5) is 17.1 Å². The monoisotopic (exact) mass is 431 g/mol. The highest BCUT2D eigenvalue weighted by Crippen LogP contribution is 2.34. The molecule has 30 heavy (non-hydrogen) atoms. The number of carbonyl (C=O) groups is 2. The Kier molecular flexibility index (Phi) is 5.76. The van der Waals surface area contributed by atoms with Crippen LogP contribution in [0.3, 0.4) is 0 Å². The maximum atomic E-state index is 12.7. The first-order valence-corrected chi connectivity index (χ1v) is 11.0. The van der Waals surface area contributed by atoms with Crippen LogP contribution in [0.2, 0.25) is 0 Å². The fraction of sp³-hybridized carbons (Fsp3) is 0.333. The molecule has 0 aromatic heterocycles. The van der Waals surface area contributed by atoms with Crippen molar-refractivity contribution in [1.82, 2.24) is 0 Å². The molecule has 0 aliphatic carbocycles. The number of amides is 2. The molecule has 3 N–H and O–H groups in total. The van der Waals surface area contributed by atoms with Crippen molar-refractivity contribution in [3.8, 4) is 5.75 Å². The fourth-order valence-corrected chi connectivity index (χ4v) is 3.70. The first-order chi connectivity index (χ1) is 14.0. The number of carbonyl (C=O) groups excluding carboxylic acids is 2. The van der Waals surface area contributed by atoms with E-state index in [0.29, 0.717) is 17.1 Å². The molecule has 2 aromatic rings. The molecular formula is C21H25N3O5S. The minimum Gasteiger partial charge on any atom is -0.490 e. The van der Waals surface area contributed by atoms with Gasteiger partial charge in [0.15, 0.2) is 0 Å². The molecule has 3 rings (SSSR count). The zero-order valence-corrected chi connectivity index (χ0v) is 18.1. The zero-order chi connectivity index (χ0) is 22.1. The summed E-state index contributed by atoms with van der Waals surface area (Å²) >= 11 is 0. The summed E-state index contributed by atoms with van der Waals surface area (Å²) < 4.78 is 33.6. The number of anilines is 3. The summed E-state index contributed by atoms with van der Waals surface area (Å²) in [6, 6.07) is 10.6. The third-order valence-electron chi connectivity index (χ3n) is 4.64. The average molecular weight is 432 g/mol. The maximum Gasteiger partial charge on any atom is 0.261 e. The minimum absolute atomic E-state index is 0.0430. The second-order valence-corrected chi connectivity index (χ2v) is 9.79. The van der Waals surface area contributed by atoms with Gasteiger partial charge in [0.05, 0.1) is 21.7 Å². The van der Waals surface area contributed by atoms with E-state index in [0.717, 1.165) is 0 Å². The van der Waals surface area contributed by atoms with Crippen LogP contribution in [0, 0.1) is 11.3 Å². The second kappa shape index (κ2) is 7.98. The lowest BCUT2D eigenvalue weighted by Gasteiger charge is -2.18. The van der Waals surface area contributed by atoms with E-state index in [-0.39, 0.29) is 34.9 Å². The number of nitrogens with one attached hydrogen (secondary N) is 3. The van der Waals surface area contributed by atoms with E-state index >= 15 is 0 Å². The molecule has 0 fully saturated rings. The predicted octanol–water partition coefficient (Wildman–Crippen LogP) is 3.44. The number of rotatable bonds is 5. The Morgan fingerprint density at radius 3 is 2.37 bits per heavy atom. The van der Waals surface area contributed by atoms with E-state index in [4.69, 9.17) is 4.74 Å². The van der Waals surface area contributed by atoms with Crippen LogP contribution < -0.4 is 20.1 Å². The van der Waals surface area contributed by atoms with Crippen LogP contribution in [0.5, 0.6) is 5.75 Å². The molecule has 0 unspecified atom stereocenters. The lowest BCUT2D eigenvalue weighted by Crippen LogP contribution is -2.33. The van der Waals surface area contributed by atoms with E-state index in [1.165, 1.54) is 30.3 Å². The number of benzene rings is 2. The Morgan fingerprint density at radius 1 is 1.10 bits per heavy atom. The van der Waals surface area contributed by atoms with Crippen molar-refractivity contribution in [2.75, 3.05) is 22.0 Å². The van der Waals surface area contributed by atoms with Gasteiger partial charge in [-0.1, -0.05) is 13.8 Å². The van der Waals surface area contributed by atoms with Crippen LogP contribution in [-0.2, 0) is 19.6 Å². The predicted molar refractivity (Wildman–Crippen MR) is 115 cm³/mol. The van der Waals surface area contributed by atoms with Crippen molar-refractivity contribution in [3.63, 3.8) is 0 Å². The van der Waals surface area contributed by atoms with Crippen molar-refractivity contribution in [3.05, 3.63) is 42.5 Å². The van der Waals surface area contributed by atoms with Gasteiger partial charge in [0.25, 0.3) is 10.0 Å². The summed E-state index contributed by atoms with van der Waals surface area (Å²) in [6.45, 7) is 7.30. The van der Waals surface area contributed by atoms with Gasteiger partial charge < -0.3 is 15.4 Å². The van der Waals surface area contributed by atoms with Crippen molar-refractivity contribution in [2.45, 2.75) is 32.6 Å². The molecule has 0 saturated carbocycles. The lowest BCUT2D eigenvalue weighted by molar-refractivity contribution is -0.125. The van der Waals surface area contributed by atoms with Gasteiger partial charge in [-0.3, -0.25) is 14.3 Å². The highest BCUT2D eigenvalue weighted by molar-refractivity contribution is 7.92. The quantitative estimate of drug-likeness (QED) is 0.671. The highest BCUT2D eigenvalue weighted by Gasteiger charge is 2.32. The molecule has 160 valence electrons. The van der Waals surface area contributed by atoms with Crippen LogP contribution in [-0.4, -0.2) is 26.8 Å². The Labute approximate surface area is 176 Å². The summed E-state index contributed by atoms with van der Waals surface area (Å²) in [5.41, 5.74) is 0.498. The zero-order valence-electron chi connectivity index (χ0n) is 17.3. The van der Waals surface area contributed by atoms with Gasteiger partial charge >= 0.3 is 0 Å². The van der Waals surface area contributed by atoms with E-state index in [9.17, 15) is 18.0 Å². The number of ether oxygens (including phenoxy) is 1. The molecule has 0 radical (unpaired) electrons. The average Bonchev–Trinajstić information content (AvgIpc) is 2.77. The maximum absolute atomic E-state index is 12.7. The van der Waals surface area contributed by atoms with Crippen molar-refractivity contribution < 1.29 is 22.7 Å². The Balaban J connectivity index is 1.78. The smallest absolute Gasteiger partial charge is 0.261 e. The topological polar surface area (TPSA) is 114 Å². The van der Waals surface area contributed by atoms with Gasteiger partial charge in [-0.2, -0.15) is 0 Å². The molecule has 0 atom stereocenters. The molecule has 2 aromatic carbocycles. The van der Waals surface area contributed by atoms with Gasteiger partial charge in [0.2, 0.25) is 11.8 Å². The van der Waals surface area contributed by atoms with Gasteiger partial charge in [-0.05, 0) is 56.3 Å². The van der Waals surface area contributed by atoms with Gasteiger partial charge in [-0.25, -0.2) is 8.42 Å². The minimum atomic E-state index is -3.86. The Morgan fingerprint density at radius 2 is 1.73 bits per heavy atom. The largest absolute Gasteiger partial charge is 0.490 e. The number of sulfonamides is 1. The standard InChI is InChI=1S/C21H25N3O5S/c1-13(2)19(25)22-14-5-8-16(9-6-14)30(27,28)24-15-7-10-18-17(11-15)23-20(26)21(3,4)12-29-18/h5-11,13,24H,12H2,1-4H3,(H,22,25)(H,23,26). The van der Waals surface area contributed by atoms with E-state index in [1.54, 1.807) is 39.8 Å². The summed E-state index contributed by atoms with van der Waals surface area (Å²) in [5.74, 6) is -0.0677. The van der Waals surface area contributed by atoms with E-state index in [2.05, 4.69) is 15.4 Å². The van der Waals surface area contributed by atoms with Crippen LogP contribution in [0.15, 0.2) is 47.4 Å². The first kappa shape index (κ1) is 21.6. The van der Waals surface area contributed by atoms with Crippen LogP contribution in [0.25, 0.3) is 0 Å². The third-order valence-corrected chi connectivity index (χ3v) is 6.04. The van der Waals surface area contributed by atoms with E-state index < -0.39 is 15.4 Å². The van der Waals surface area contributed by atoms with Gasteiger partial charge in [-0.15, -0.1) is 0 Å². The normalized spacial score (nSPS) is 15.4. The summed E-state index contributed by atoms with van der Waals surface area (Å²) in [7, 11) is -3.86. The van der Waals surface area contributed by atoms with Gasteiger partial charge in [0, 0.05) is 11.6 Å². The second-order valence-electron chi connectivity index (χ2n) is 8.11. The first-order valence-electron chi connectivity index (χ1n) is 9.50. The van der Waals surface area contributed by atoms with Crippen LogP contribution in [0.1, 0.15) is 27.7 Å². The van der Waals surface area contributed by atoms with Crippen molar-refractivity contribution in [2.24, 2.45) is 11.3 Å². The molecule has 2 amide bonds. The molecule has 8 nitrogen and oxygen atoms in total. The summed E-state index contributed by atoms with van der Waals surface area (Å²) in [4.78, 5) is 24.1. The molecule has 0 saturated heterocycles. The number of fused-ring (bicyclic) bond motifs is 1. The Bertz CT molecular complexity index is 1080. The molecule has 0 spiro atoms. The summed E-state index contributed by atoms with van der Waals surface area (Å²) in [6.07, 6.45) is 0. The third kappa shape index (κ3) is 4.73. The lowest BCUT2D eigenvalue weighted by atomic mass is 9.94. The van der Waals surface area contributed by atoms with Gasteiger partial charge in [0.1, 0.15) is 12.4 Å². The Hall–Kier alpha value is -3.07. The molecule has 9 heteroatoms. The van der Waals surface area contributed by atoms with E-state index in [1.807, 2.05) is 0 Å². The molecule has 1 heterocycles. The molecule has 1 aliphatic rings. The highest BCUT2D eigenvalue weighted by atomic mass is 32.2. The number of hydrogen-bond donors (Lipinski definition) is 3. The SMILES string of the molecule is CC(C)C(=O)Nc1ccc(S(=O)(=O)Nc2ccc3c(c2)NC(=O)C(C)(C)CO3)cc1. The molecule has 1 aliphatic heterocycles. The van der Waals surface area contributed by atoms with Crippen molar-refractivity contribution >= 4 is 38.9 Å². The van der Waals surface area contributed by atoms with Crippen molar-refractivity contribution in [1.29, 1.82) is 0 Å². The fourth-order valence-electron chi connectivity index (χ4n) is 2.65. The van der Waals surface area contributed by atoms with Crippen LogP contribution >= 0.6 is 0 Å². The summed E-state index contributed by atoms with van der Waals surface area (Å²) in [5, 5.41) is 5.49. The molecular weight excluding hydrogens is 406 g/mol. The molecule has 0 bridgehead atoms.